The minimum atomic E-state index is -0.699. The number of benzene rings is 1. The number of carbonyl (C=O) groups excluding carboxylic acids is 2. The van der Waals surface area contributed by atoms with Crippen LogP contribution in [0.5, 0.6) is 0 Å². The molecule has 106 valence electrons. The zero-order valence-electron chi connectivity index (χ0n) is 10.4. The number of hydrogen-bond acceptors (Lipinski definition) is 3. The number of hydrogen-bond donors (Lipinski definition) is 0. The minimum absolute atomic E-state index is 0.0833. The Bertz CT molecular complexity index is 782. The molecule has 2 aromatic rings. The van der Waals surface area contributed by atoms with E-state index in [0.717, 1.165) is 6.07 Å². The summed E-state index contributed by atoms with van der Waals surface area (Å²) in [4.78, 5) is 29.1. The number of nitrogens with zero attached hydrogens (tertiary/aromatic N) is 2. The molecule has 0 bridgehead atoms. The maximum Gasteiger partial charge on any atom is 0.299 e. The summed E-state index contributed by atoms with van der Waals surface area (Å²) in [6, 6.07) is 4.13. The highest BCUT2D eigenvalue weighted by atomic mass is 79.9. The average molecular weight is 370 g/mol. The Balaban J connectivity index is 2.06. The Morgan fingerprint density at radius 3 is 2.81 bits per heavy atom. The number of ketones is 1. The Hall–Kier alpha value is -1.79. The fourth-order valence-electron chi connectivity index (χ4n) is 2.15. The molecule has 4 nitrogen and oxygen atoms in total. The number of pyridine rings is 1. The number of amides is 1. The fraction of sp³-hybridized carbons (Fsp3) is 0.0714. The van der Waals surface area contributed by atoms with Crippen molar-refractivity contribution in [2.75, 3.05) is 4.90 Å². The predicted molar refractivity (Wildman–Crippen MR) is 78.9 cm³/mol. The van der Waals surface area contributed by atoms with E-state index in [0.29, 0.717) is 10.6 Å². The van der Waals surface area contributed by atoms with Gasteiger partial charge >= 0.3 is 0 Å². The van der Waals surface area contributed by atoms with Gasteiger partial charge in [0.25, 0.3) is 11.7 Å². The first-order valence-corrected chi connectivity index (χ1v) is 7.09. The van der Waals surface area contributed by atoms with Gasteiger partial charge in [-0.05, 0) is 39.7 Å². The van der Waals surface area contributed by atoms with Gasteiger partial charge < -0.3 is 4.90 Å². The number of carbonyl (C=O) groups is 2. The summed E-state index contributed by atoms with van der Waals surface area (Å²) >= 11 is 9.01. The zero-order valence-corrected chi connectivity index (χ0v) is 12.8. The Labute approximate surface area is 132 Å². The average Bonchev–Trinajstić information content (AvgIpc) is 2.67. The smallest absolute Gasteiger partial charge is 0.299 e. The number of fused-ring (bicyclic) bond motifs is 1. The quantitative estimate of drug-likeness (QED) is 0.763. The summed E-state index contributed by atoms with van der Waals surface area (Å²) < 4.78 is 13.8. The van der Waals surface area contributed by atoms with Gasteiger partial charge in [0.2, 0.25) is 0 Å². The second-order valence-electron chi connectivity index (χ2n) is 4.47. The summed E-state index contributed by atoms with van der Waals surface area (Å²) in [6.07, 6.45) is 2.98. The normalized spacial score (nSPS) is 13.8. The first-order valence-electron chi connectivity index (χ1n) is 5.92. The van der Waals surface area contributed by atoms with Crippen molar-refractivity contribution in [3.05, 3.63) is 57.0 Å². The van der Waals surface area contributed by atoms with Gasteiger partial charge in [0, 0.05) is 12.4 Å². The van der Waals surface area contributed by atoms with E-state index in [-0.39, 0.29) is 22.3 Å². The van der Waals surface area contributed by atoms with Gasteiger partial charge in [-0.3, -0.25) is 14.6 Å². The maximum atomic E-state index is 13.7. The highest BCUT2D eigenvalue weighted by Crippen LogP contribution is 2.34. The van der Waals surface area contributed by atoms with Crippen LogP contribution in [-0.2, 0) is 11.3 Å². The number of halogens is 3. The molecule has 21 heavy (non-hydrogen) atoms. The SMILES string of the molecule is O=C1C(=O)N(Cc2ccncc2Cl)c2cc(F)c(Br)cc21. The lowest BCUT2D eigenvalue weighted by atomic mass is 10.1. The summed E-state index contributed by atoms with van der Waals surface area (Å²) in [6.45, 7) is 0.0833. The van der Waals surface area contributed by atoms with Crippen LogP contribution in [0.2, 0.25) is 5.02 Å². The van der Waals surface area contributed by atoms with E-state index in [1.807, 2.05) is 0 Å². The molecule has 1 aliphatic heterocycles. The van der Waals surface area contributed by atoms with E-state index in [9.17, 15) is 14.0 Å². The molecule has 0 saturated carbocycles. The lowest BCUT2D eigenvalue weighted by Crippen LogP contribution is -2.29. The third kappa shape index (κ3) is 2.34. The van der Waals surface area contributed by atoms with Gasteiger partial charge in [-0.1, -0.05) is 11.6 Å². The summed E-state index contributed by atoms with van der Waals surface area (Å²) in [5, 5.41) is 0.379. The van der Waals surface area contributed by atoms with E-state index in [2.05, 4.69) is 20.9 Å². The third-order valence-electron chi connectivity index (χ3n) is 3.20. The molecular weight excluding hydrogens is 363 g/mol. The number of rotatable bonds is 2. The molecule has 3 rings (SSSR count). The summed E-state index contributed by atoms with van der Waals surface area (Å²) in [7, 11) is 0. The van der Waals surface area contributed by atoms with Crippen LogP contribution in [-0.4, -0.2) is 16.7 Å². The van der Waals surface area contributed by atoms with Crippen LogP contribution in [0.3, 0.4) is 0 Å². The molecular formula is C14H7BrClFN2O2. The van der Waals surface area contributed by atoms with Crippen molar-refractivity contribution < 1.29 is 14.0 Å². The van der Waals surface area contributed by atoms with Gasteiger partial charge in [0.15, 0.2) is 0 Å². The molecule has 1 amide bonds. The standard InChI is InChI=1S/C14H7BrClFN2O2/c15-9-3-8-12(4-11(9)17)19(14(21)13(8)20)6-7-1-2-18-5-10(7)16/h1-5H,6H2. The summed E-state index contributed by atoms with van der Waals surface area (Å²) in [5.41, 5.74) is 1.06. The highest BCUT2D eigenvalue weighted by Gasteiger charge is 2.36. The first kappa shape index (κ1) is 14.2. The monoisotopic (exact) mass is 368 g/mol. The Morgan fingerprint density at radius 2 is 2.10 bits per heavy atom. The molecule has 1 aromatic heterocycles. The Kier molecular flexibility index (Phi) is 3.51. The van der Waals surface area contributed by atoms with Gasteiger partial charge in [-0.15, -0.1) is 0 Å². The molecule has 0 radical (unpaired) electrons. The van der Waals surface area contributed by atoms with E-state index >= 15 is 0 Å². The van der Waals surface area contributed by atoms with E-state index in [1.165, 1.54) is 23.4 Å². The molecule has 0 aliphatic carbocycles. The number of Topliss-reactive ketones (excluding diaryl/α,β-unsaturated/α-hetero) is 1. The lowest BCUT2D eigenvalue weighted by molar-refractivity contribution is -0.114. The molecule has 2 heterocycles. The van der Waals surface area contributed by atoms with E-state index in [4.69, 9.17) is 11.6 Å². The molecule has 1 aromatic carbocycles. The van der Waals surface area contributed by atoms with Crippen molar-refractivity contribution in [1.29, 1.82) is 0 Å². The van der Waals surface area contributed by atoms with Gasteiger partial charge in [0.1, 0.15) is 5.82 Å². The van der Waals surface area contributed by atoms with Crippen molar-refractivity contribution >= 4 is 44.9 Å². The van der Waals surface area contributed by atoms with Crippen LogP contribution in [0.25, 0.3) is 0 Å². The van der Waals surface area contributed by atoms with Gasteiger partial charge in [0.05, 0.1) is 27.3 Å². The number of aromatic nitrogens is 1. The first-order chi connectivity index (χ1) is 9.99. The van der Waals surface area contributed by atoms with Crippen LogP contribution in [0, 0.1) is 5.82 Å². The molecule has 0 N–H and O–H groups in total. The Morgan fingerprint density at radius 1 is 1.33 bits per heavy atom. The van der Waals surface area contributed by atoms with Gasteiger partial charge in [-0.2, -0.15) is 0 Å². The maximum absolute atomic E-state index is 13.7. The number of anilines is 1. The van der Waals surface area contributed by atoms with Crippen molar-refractivity contribution in [2.24, 2.45) is 0 Å². The van der Waals surface area contributed by atoms with Crippen LogP contribution in [0.1, 0.15) is 15.9 Å². The molecule has 0 atom stereocenters. The minimum Gasteiger partial charge on any atom is -0.300 e. The zero-order chi connectivity index (χ0) is 15.1. The van der Waals surface area contributed by atoms with Crippen LogP contribution in [0.15, 0.2) is 35.1 Å². The van der Waals surface area contributed by atoms with Gasteiger partial charge in [-0.25, -0.2) is 4.39 Å². The second kappa shape index (κ2) is 5.20. The van der Waals surface area contributed by atoms with Crippen molar-refractivity contribution in [1.82, 2.24) is 4.98 Å². The molecule has 0 spiro atoms. The summed E-state index contributed by atoms with van der Waals surface area (Å²) in [5.74, 6) is -1.90. The topological polar surface area (TPSA) is 50.3 Å². The third-order valence-corrected chi connectivity index (χ3v) is 4.15. The van der Waals surface area contributed by atoms with Crippen molar-refractivity contribution in [3.63, 3.8) is 0 Å². The highest BCUT2D eigenvalue weighted by molar-refractivity contribution is 9.10. The van der Waals surface area contributed by atoms with Crippen molar-refractivity contribution in [3.8, 4) is 0 Å². The molecule has 0 fully saturated rings. The second-order valence-corrected chi connectivity index (χ2v) is 5.73. The molecule has 7 heteroatoms. The largest absolute Gasteiger partial charge is 0.300 e. The lowest BCUT2D eigenvalue weighted by Gasteiger charge is -2.17. The van der Waals surface area contributed by atoms with Crippen LogP contribution >= 0.6 is 27.5 Å². The predicted octanol–water partition coefficient (Wildman–Crippen LogP) is 3.37. The molecule has 0 saturated heterocycles. The van der Waals surface area contributed by atoms with Crippen LogP contribution < -0.4 is 4.90 Å². The van der Waals surface area contributed by atoms with E-state index in [1.54, 1.807) is 6.07 Å². The molecule has 0 unspecified atom stereocenters. The van der Waals surface area contributed by atoms with Crippen LogP contribution in [0.4, 0.5) is 10.1 Å². The fourth-order valence-corrected chi connectivity index (χ4v) is 2.67. The molecule has 1 aliphatic rings. The van der Waals surface area contributed by atoms with E-state index < -0.39 is 17.5 Å². The van der Waals surface area contributed by atoms with Crippen molar-refractivity contribution in [2.45, 2.75) is 6.54 Å².